The lowest BCUT2D eigenvalue weighted by Crippen LogP contribution is -2.39. The van der Waals surface area contributed by atoms with Crippen molar-refractivity contribution in [2.75, 3.05) is 25.4 Å². The van der Waals surface area contributed by atoms with Gasteiger partial charge in [0.15, 0.2) is 5.58 Å². The van der Waals surface area contributed by atoms with Gasteiger partial charge in [-0.2, -0.15) is 0 Å². The highest BCUT2D eigenvalue weighted by atomic mass is 16.5. The lowest BCUT2D eigenvalue weighted by molar-refractivity contribution is 0.00169. The summed E-state index contributed by atoms with van der Waals surface area (Å²) in [4.78, 5) is 6.84. The van der Waals surface area contributed by atoms with Crippen LogP contribution in [0.15, 0.2) is 22.6 Å². The number of fused-ring (bicyclic) bond motifs is 1. The minimum Gasteiger partial charge on any atom is -0.439 e. The Morgan fingerprint density at radius 1 is 1.50 bits per heavy atom. The number of hydrogen-bond donors (Lipinski definition) is 1. The van der Waals surface area contributed by atoms with E-state index in [1.165, 1.54) is 0 Å². The number of nitrogens with zero attached hydrogens (tertiary/aromatic N) is 2. The third-order valence-corrected chi connectivity index (χ3v) is 3.72. The van der Waals surface area contributed by atoms with Gasteiger partial charge < -0.3 is 14.9 Å². The average molecular weight is 275 g/mol. The Labute approximate surface area is 118 Å². The van der Waals surface area contributed by atoms with Crippen molar-refractivity contribution in [3.8, 4) is 0 Å². The zero-order valence-corrected chi connectivity index (χ0v) is 11.8. The van der Waals surface area contributed by atoms with E-state index < -0.39 is 0 Å². The van der Waals surface area contributed by atoms with Crippen molar-refractivity contribution in [3.05, 3.63) is 24.1 Å². The molecule has 5 nitrogen and oxygen atoms in total. The highest BCUT2D eigenvalue weighted by Crippen LogP contribution is 2.23. The van der Waals surface area contributed by atoms with Crippen molar-refractivity contribution >= 4 is 16.8 Å². The van der Waals surface area contributed by atoms with E-state index in [-0.39, 0.29) is 0 Å². The summed E-state index contributed by atoms with van der Waals surface area (Å²) in [5.74, 6) is 0.732. The Morgan fingerprint density at radius 2 is 2.40 bits per heavy atom. The molecule has 1 fully saturated rings. The Hall–Kier alpha value is -1.59. The summed E-state index contributed by atoms with van der Waals surface area (Å²) in [6.45, 7) is 5.55. The molecule has 0 aliphatic carbocycles. The van der Waals surface area contributed by atoms with Gasteiger partial charge in [-0.15, -0.1) is 0 Å². The summed E-state index contributed by atoms with van der Waals surface area (Å²) >= 11 is 0. The van der Waals surface area contributed by atoms with Crippen molar-refractivity contribution in [3.63, 3.8) is 0 Å². The minimum atomic E-state index is 0.336. The fraction of sp³-hybridized carbons (Fsp3) is 0.533. The number of benzene rings is 1. The topological polar surface area (TPSA) is 64.5 Å². The second-order valence-corrected chi connectivity index (χ2v) is 5.26. The van der Waals surface area contributed by atoms with E-state index in [4.69, 9.17) is 14.9 Å². The Bertz CT molecular complexity index is 580. The van der Waals surface area contributed by atoms with Crippen molar-refractivity contribution in [1.82, 2.24) is 9.88 Å². The number of oxazole rings is 1. The van der Waals surface area contributed by atoms with Gasteiger partial charge in [0.1, 0.15) is 5.52 Å². The number of piperidine rings is 1. The maximum atomic E-state index is 5.91. The summed E-state index contributed by atoms with van der Waals surface area (Å²) in [6, 6.07) is 5.64. The van der Waals surface area contributed by atoms with E-state index in [2.05, 4.69) is 9.88 Å². The van der Waals surface area contributed by atoms with Crippen LogP contribution in [-0.2, 0) is 11.3 Å². The van der Waals surface area contributed by atoms with E-state index in [1.807, 2.05) is 25.1 Å². The highest BCUT2D eigenvalue weighted by Gasteiger charge is 2.21. The molecule has 5 heteroatoms. The molecular formula is C15H21N3O2. The largest absolute Gasteiger partial charge is 0.439 e. The summed E-state index contributed by atoms with van der Waals surface area (Å²) in [6.07, 6.45) is 2.64. The van der Waals surface area contributed by atoms with E-state index in [1.54, 1.807) is 0 Å². The Kier molecular flexibility index (Phi) is 3.89. The first-order chi connectivity index (χ1) is 9.76. The predicted octanol–water partition coefficient (Wildman–Crippen LogP) is 2.41. The SMILES string of the molecule is CCOC1CCCN(Cc2nc3c(N)cccc3o2)C1. The van der Waals surface area contributed by atoms with Crippen LogP contribution in [0.25, 0.3) is 11.1 Å². The number of nitrogen functional groups attached to an aromatic ring is 1. The van der Waals surface area contributed by atoms with Crippen molar-refractivity contribution in [2.24, 2.45) is 0 Å². The number of rotatable bonds is 4. The fourth-order valence-corrected chi connectivity index (χ4v) is 2.80. The van der Waals surface area contributed by atoms with Gasteiger partial charge in [-0.3, -0.25) is 4.90 Å². The highest BCUT2D eigenvalue weighted by molar-refractivity contribution is 5.85. The lowest BCUT2D eigenvalue weighted by Gasteiger charge is -2.31. The first kappa shape index (κ1) is 13.4. The lowest BCUT2D eigenvalue weighted by atomic mass is 10.1. The molecule has 0 bridgehead atoms. The molecule has 2 heterocycles. The first-order valence-corrected chi connectivity index (χ1v) is 7.24. The van der Waals surface area contributed by atoms with Crippen LogP contribution in [0.5, 0.6) is 0 Å². The van der Waals surface area contributed by atoms with E-state index in [0.717, 1.165) is 56.1 Å². The van der Waals surface area contributed by atoms with Crippen LogP contribution in [0, 0.1) is 0 Å². The molecule has 20 heavy (non-hydrogen) atoms. The number of likely N-dealkylation sites (tertiary alicyclic amines) is 1. The first-order valence-electron chi connectivity index (χ1n) is 7.24. The van der Waals surface area contributed by atoms with Gasteiger partial charge in [0.2, 0.25) is 5.89 Å². The van der Waals surface area contributed by atoms with E-state index in [0.29, 0.717) is 11.8 Å². The number of ether oxygens (including phenoxy) is 1. The molecule has 1 unspecified atom stereocenters. The van der Waals surface area contributed by atoms with Gasteiger partial charge in [0.05, 0.1) is 18.3 Å². The number of hydrogen-bond acceptors (Lipinski definition) is 5. The van der Waals surface area contributed by atoms with Gasteiger partial charge in [-0.25, -0.2) is 4.98 Å². The molecule has 0 radical (unpaired) electrons. The summed E-state index contributed by atoms with van der Waals surface area (Å²) in [7, 11) is 0. The van der Waals surface area contributed by atoms with Crippen LogP contribution in [0.4, 0.5) is 5.69 Å². The van der Waals surface area contributed by atoms with Crippen molar-refractivity contribution in [1.29, 1.82) is 0 Å². The van der Waals surface area contributed by atoms with Crippen molar-refractivity contribution < 1.29 is 9.15 Å². The molecular weight excluding hydrogens is 254 g/mol. The third-order valence-electron chi connectivity index (χ3n) is 3.72. The van der Waals surface area contributed by atoms with Crippen molar-refractivity contribution in [2.45, 2.75) is 32.4 Å². The molecule has 0 amide bonds. The molecule has 0 spiro atoms. The van der Waals surface area contributed by atoms with Crippen LogP contribution >= 0.6 is 0 Å². The molecule has 1 aliphatic heterocycles. The molecule has 2 N–H and O–H groups in total. The molecule has 1 aliphatic rings. The number of aromatic nitrogens is 1. The molecule has 0 saturated carbocycles. The quantitative estimate of drug-likeness (QED) is 0.868. The zero-order valence-electron chi connectivity index (χ0n) is 11.8. The molecule has 1 saturated heterocycles. The smallest absolute Gasteiger partial charge is 0.209 e. The van der Waals surface area contributed by atoms with Crippen LogP contribution < -0.4 is 5.73 Å². The standard InChI is InChI=1S/C15H21N3O2/c1-2-19-11-5-4-8-18(9-11)10-14-17-15-12(16)6-3-7-13(15)20-14/h3,6-7,11H,2,4-5,8-10,16H2,1H3. The Balaban J connectivity index is 1.71. The number of nitrogens with two attached hydrogens (primary N) is 1. The second kappa shape index (κ2) is 5.81. The molecule has 2 aromatic rings. The maximum Gasteiger partial charge on any atom is 0.209 e. The molecule has 1 atom stereocenters. The number of anilines is 1. The third kappa shape index (κ3) is 2.78. The van der Waals surface area contributed by atoms with Crippen LogP contribution in [0.2, 0.25) is 0 Å². The summed E-state index contributed by atoms with van der Waals surface area (Å²) < 4.78 is 11.5. The van der Waals surface area contributed by atoms with Gasteiger partial charge in [0, 0.05) is 13.2 Å². The van der Waals surface area contributed by atoms with E-state index in [9.17, 15) is 0 Å². The molecule has 1 aromatic heterocycles. The second-order valence-electron chi connectivity index (χ2n) is 5.26. The van der Waals surface area contributed by atoms with Crippen LogP contribution in [-0.4, -0.2) is 35.7 Å². The predicted molar refractivity (Wildman–Crippen MR) is 78.3 cm³/mol. The molecule has 3 rings (SSSR count). The van der Waals surface area contributed by atoms with Gasteiger partial charge >= 0.3 is 0 Å². The van der Waals surface area contributed by atoms with Gasteiger partial charge in [0.25, 0.3) is 0 Å². The maximum absolute atomic E-state index is 5.91. The van der Waals surface area contributed by atoms with Gasteiger partial charge in [-0.1, -0.05) is 6.07 Å². The zero-order chi connectivity index (χ0) is 13.9. The van der Waals surface area contributed by atoms with Crippen LogP contribution in [0.1, 0.15) is 25.7 Å². The summed E-state index contributed by atoms with van der Waals surface area (Å²) in [5, 5.41) is 0. The molecule has 108 valence electrons. The van der Waals surface area contributed by atoms with Gasteiger partial charge in [-0.05, 0) is 38.4 Å². The number of para-hydroxylation sites is 1. The minimum absolute atomic E-state index is 0.336. The fourth-order valence-electron chi connectivity index (χ4n) is 2.80. The van der Waals surface area contributed by atoms with E-state index >= 15 is 0 Å². The summed E-state index contributed by atoms with van der Waals surface area (Å²) in [5.41, 5.74) is 8.11. The van der Waals surface area contributed by atoms with Crippen LogP contribution in [0.3, 0.4) is 0 Å². The Morgan fingerprint density at radius 3 is 3.20 bits per heavy atom. The molecule has 1 aromatic carbocycles. The monoisotopic (exact) mass is 275 g/mol. The normalized spacial score (nSPS) is 20.6. The average Bonchev–Trinajstić information content (AvgIpc) is 2.83.